The van der Waals surface area contributed by atoms with Gasteiger partial charge >= 0.3 is 0 Å². The highest BCUT2D eigenvalue weighted by Crippen LogP contribution is 2.22. The zero-order valence-electron chi connectivity index (χ0n) is 36.5. The largest absolute Gasteiger partial charge is 0.0617 e. The van der Waals surface area contributed by atoms with Crippen LogP contribution in [-0.2, 0) is 0 Å². The molecule has 0 heteroatoms. The first-order valence-corrected chi connectivity index (χ1v) is 20.3. The second-order valence-corrected chi connectivity index (χ2v) is 15.5. The Hall–Kier alpha value is -6.24. The highest BCUT2D eigenvalue weighted by atomic mass is 14.0. The maximum Gasteiger partial charge on any atom is -0.0181 e. The van der Waals surface area contributed by atoms with Gasteiger partial charge in [0.1, 0.15) is 0 Å². The summed E-state index contributed by atoms with van der Waals surface area (Å²) in [5.74, 6) is 0. The number of benzene rings is 8. The predicted molar refractivity (Wildman–Crippen MR) is 256 cm³/mol. The van der Waals surface area contributed by atoms with Crippen LogP contribution in [0.25, 0.3) is 33.4 Å². The quantitative estimate of drug-likeness (QED) is 0.168. The van der Waals surface area contributed by atoms with Gasteiger partial charge in [-0.2, -0.15) is 0 Å². The molecule has 294 valence electrons. The third-order valence-electron chi connectivity index (χ3n) is 9.60. The van der Waals surface area contributed by atoms with Gasteiger partial charge in [-0.3, -0.25) is 0 Å². The molecule has 0 amide bonds. The molecule has 0 atom stereocenters. The summed E-state index contributed by atoms with van der Waals surface area (Å²) >= 11 is 0. The van der Waals surface area contributed by atoms with Crippen LogP contribution in [0.4, 0.5) is 0 Å². The molecule has 0 saturated carbocycles. The highest BCUT2D eigenvalue weighted by Gasteiger charge is 1.98. The number of rotatable bonds is 3. The van der Waals surface area contributed by atoms with Crippen LogP contribution in [0.15, 0.2) is 194 Å². The summed E-state index contributed by atoms with van der Waals surface area (Å²) in [4.78, 5) is 0. The first kappa shape index (κ1) is 44.5. The van der Waals surface area contributed by atoms with Gasteiger partial charge in [-0.25, -0.2) is 0 Å². The molecule has 58 heavy (non-hydrogen) atoms. The van der Waals surface area contributed by atoms with Crippen LogP contribution < -0.4 is 0 Å². The maximum atomic E-state index is 2.22. The Morgan fingerprint density at radius 1 is 0.155 bits per heavy atom. The number of hydrogen-bond acceptors (Lipinski definition) is 0. The molecule has 0 nitrogen and oxygen atoms in total. The van der Waals surface area contributed by atoms with Crippen molar-refractivity contribution in [1.29, 1.82) is 0 Å². The van der Waals surface area contributed by atoms with Gasteiger partial charge in [0.25, 0.3) is 0 Å². The third kappa shape index (κ3) is 16.1. The predicted octanol–water partition coefficient (Wildman–Crippen LogP) is 16.5. The molecule has 8 rings (SSSR count). The molecular formula is C58H62. The minimum absolute atomic E-state index is 1.29. The van der Waals surface area contributed by atoms with E-state index in [1.54, 1.807) is 0 Å². The average Bonchev–Trinajstić information content (AvgIpc) is 3.21. The van der Waals surface area contributed by atoms with E-state index in [2.05, 4.69) is 263 Å². The maximum absolute atomic E-state index is 2.22. The molecule has 8 aromatic carbocycles. The molecule has 0 aromatic heterocycles. The molecule has 0 unspecified atom stereocenters. The standard InChI is InChI=1S/3C14H14.2C8H10/c1-11-3-7-13(8-4-11)14-9-5-12(2)6-10-14;1-11-5-3-7-13(9-11)14-8-4-6-12(2)10-14;1-11-6-8-13(9-7-11)14-5-3-4-12(2)10-14;1-7-3-5-8(2)6-4-7;1-7-4-3-5-8(2)6-7/h3*3-10H,1-2H3;2*3-6H,1-2H3. The number of hydrogen-bond donors (Lipinski definition) is 0. The van der Waals surface area contributed by atoms with Gasteiger partial charge in [0.2, 0.25) is 0 Å². The van der Waals surface area contributed by atoms with Gasteiger partial charge in [0, 0.05) is 0 Å². The molecular weight excluding hydrogens is 697 g/mol. The molecule has 8 aromatic rings. The van der Waals surface area contributed by atoms with Crippen molar-refractivity contribution in [3.8, 4) is 33.4 Å². The molecule has 0 aliphatic carbocycles. The Morgan fingerprint density at radius 3 is 0.569 bits per heavy atom. The zero-order chi connectivity index (χ0) is 41.9. The van der Waals surface area contributed by atoms with Crippen molar-refractivity contribution in [3.05, 3.63) is 250 Å². The topological polar surface area (TPSA) is 0 Å². The lowest BCUT2D eigenvalue weighted by Crippen LogP contribution is -1.80. The Labute approximate surface area is 351 Å². The van der Waals surface area contributed by atoms with Crippen molar-refractivity contribution in [2.45, 2.75) is 69.2 Å². The fourth-order valence-electron chi connectivity index (χ4n) is 6.16. The van der Waals surface area contributed by atoms with Crippen molar-refractivity contribution in [2.24, 2.45) is 0 Å². The van der Waals surface area contributed by atoms with Gasteiger partial charge in [0.05, 0.1) is 0 Å². The van der Waals surface area contributed by atoms with Crippen molar-refractivity contribution >= 4 is 0 Å². The van der Waals surface area contributed by atoms with E-state index in [1.165, 1.54) is 89.0 Å². The SMILES string of the molecule is Cc1ccc(-c2ccc(C)cc2)cc1.Cc1ccc(-c2cccc(C)c2)cc1.Cc1ccc(C)cc1.Cc1cccc(-c2cccc(C)c2)c1.Cc1cccc(C)c1. The molecule has 0 fully saturated rings. The van der Waals surface area contributed by atoms with E-state index in [0.29, 0.717) is 0 Å². The Bertz CT molecular complexity index is 2270. The molecule has 0 spiro atoms. The average molecular weight is 759 g/mol. The molecule has 0 N–H and O–H groups in total. The summed E-state index contributed by atoms with van der Waals surface area (Å²) < 4.78 is 0. The van der Waals surface area contributed by atoms with E-state index < -0.39 is 0 Å². The molecule has 0 saturated heterocycles. The lowest BCUT2D eigenvalue weighted by Gasteiger charge is -2.03. The van der Waals surface area contributed by atoms with Gasteiger partial charge < -0.3 is 0 Å². The van der Waals surface area contributed by atoms with Crippen LogP contribution in [-0.4, -0.2) is 0 Å². The highest BCUT2D eigenvalue weighted by molar-refractivity contribution is 5.66. The van der Waals surface area contributed by atoms with Crippen LogP contribution >= 0.6 is 0 Å². The Morgan fingerprint density at radius 2 is 0.345 bits per heavy atom. The van der Waals surface area contributed by atoms with E-state index in [9.17, 15) is 0 Å². The first-order valence-electron chi connectivity index (χ1n) is 20.3. The number of aryl methyl sites for hydroxylation is 10. The minimum atomic E-state index is 1.29. The minimum Gasteiger partial charge on any atom is -0.0617 e. The molecule has 0 radical (unpaired) electrons. The van der Waals surface area contributed by atoms with Gasteiger partial charge in [-0.1, -0.05) is 250 Å². The van der Waals surface area contributed by atoms with Crippen LogP contribution in [0.2, 0.25) is 0 Å². The van der Waals surface area contributed by atoms with Crippen molar-refractivity contribution in [3.63, 3.8) is 0 Å². The molecule has 0 aliphatic heterocycles. The van der Waals surface area contributed by atoms with E-state index in [1.807, 2.05) is 0 Å². The van der Waals surface area contributed by atoms with Crippen LogP contribution in [0.5, 0.6) is 0 Å². The van der Waals surface area contributed by atoms with Gasteiger partial charge in [-0.15, -0.1) is 0 Å². The fraction of sp³-hybridized carbons (Fsp3) is 0.172. The van der Waals surface area contributed by atoms with E-state index in [4.69, 9.17) is 0 Å². The summed E-state index contributed by atoms with van der Waals surface area (Å²) in [7, 11) is 0. The molecule has 0 bridgehead atoms. The summed E-state index contributed by atoms with van der Waals surface area (Å²) in [6.45, 7) is 21.1. The Kier molecular flexibility index (Phi) is 17.7. The van der Waals surface area contributed by atoms with Gasteiger partial charge in [-0.05, 0) is 103 Å². The Balaban J connectivity index is 0.000000164. The first-order chi connectivity index (χ1) is 27.8. The summed E-state index contributed by atoms with van der Waals surface area (Å²) in [5, 5.41) is 0. The van der Waals surface area contributed by atoms with E-state index in [0.717, 1.165) is 0 Å². The van der Waals surface area contributed by atoms with E-state index in [-0.39, 0.29) is 0 Å². The summed E-state index contributed by atoms with van der Waals surface area (Å²) in [5.41, 5.74) is 20.9. The lowest BCUT2D eigenvalue weighted by atomic mass is 10.0. The monoisotopic (exact) mass is 758 g/mol. The smallest absolute Gasteiger partial charge is 0.0181 e. The molecule has 0 aliphatic rings. The summed E-state index contributed by atoms with van der Waals surface area (Å²) in [6.07, 6.45) is 0. The van der Waals surface area contributed by atoms with Crippen molar-refractivity contribution in [1.82, 2.24) is 0 Å². The normalized spacial score (nSPS) is 9.90. The summed E-state index contributed by atoms with van der Waals surface area (Å²) in [6, 6.07) is 68.6. The van der Waals surface area contributed by atoms with Crippen molar-refractivity contribution in [2.75, 3.05) is 0 Å². The zero-order valence-corrected chi connectivity index (χ0v) is 36.5. The van der Waals surface area contributed by atoms with Crippen LogP contribution in [0.1, 0.15) is 55.6 Å². The van der Waals surface area contributed by atoms with Crippen LogP contribution in [0, 0.1) is 69.2 Å². The van der Waals surface area contributed by atoms with E-state index >= 15 is 0 Å². The third-order valence-corrected chi connectivity index (χ3v) is 9.60. The molecule has 0 heterocycles. The van der Waals surface area contributed by atoms with Crippen molar-refractivity contribution < 1.29 is 0 Å². The van der Waals surface area contributed by atoms with Crippen LogP contribution in [0.3, 0.4) is 0 Å². The fourth-order valence-corrected chi connectivity index (χ4v) is 6.16. The van der Waals surface area contributed by atoms with Gasteiger partial charge in [0.15, 0.2) is 0 Å². The second-order valence-electron chi connectivity index (χ2n) is 15.5. The second kappa shape index (κ2) is 23.1. The lowest BCUT2D eigenvalue weighted by molar-refractivity contribution is 1.39.